The summed E-state index contributed by atoms with van der Waals surface area (Å²) < 4.78 is 28.9. The Labute approximate surface area is 194 Å². The molecule has 1 amide bonds. The Morgan fingerprint density at radius 3 is 2.52 bits per heavy atom. The highest BCUT2D eigenvalue weighted by molar-refractivity contribution is 7.92. The smallest absolute Gasteiger partial charge is 0.242 e. The van der Waals surface area contributed by atoms with Crippen molar-refractivity contribution in [3.63, 3.8) is 0 Å². The van der Waals surface area contributed by atoms with Gasteiger partial charge in [0.05, 0.1) is 4.90 Å². The number of aryl methyl sites for hydroxylation is 2. The van der Waals surface area contributed by atoms with Gasteiger partial charge in [-0.2, -0.15) is 0 Å². The summed E-state index contributed by atoms with van der Waals surface area (Å²) in [6, 6.07) is 23.3. The Morgan fingerprint density at radius 2 is 1.67 bits per heavy atom. The number of anilines is 1. The van der Waals surface area contributed by atoms with Crippen molar-refractivity contribution in [1.29, 1.82) is 0 Å². The molecule has 0 fully saturated rings. The zero-order valence-corrected chi connectivity index (χ0v) is 19.4. The number of hydrogen-bond donors (Lipinski definition) is 0. The largest absolute Gasteiger partial charge is 0.342 e. The number of aromatic nitrogens is 1. The lowest BCUT2D eigenvalue weighted by Crippen LogP contribution is -2.39. The molecule has 5 nitrogen and oxygen atoms in total. The quantitative estimate of drug-likeness (QED) is 0.434. The van der Waals surface area contributed by atoms with Gasteiger partial charge < -0.3 is 9.47 Å². The van der Waals surface area contributed by atoms with Gasteiger partial charge in [0.15, 0.2) is 9.84 Å². The molecule has 6 heteroatoms. The summed E-state index contributed by atoms with van der Waals surface area (Å²) in [5.41, 5.74) is 5.03. The third kappa shape index (κ3) is 4.07. The third-order valence-corrected chi connectivity index (χ3v) is 8.04. The molecule has 168 valence electrons. The summed E-state index contributed by atoms with van der Waals surface area (Å²) in [6.07, 6.45) is 3.42. The molecule has 1 aliphatic rings. The van der Waals surface area contributed by atoms with Gasteiger partial charge in [0.2, 0.25) is 5.91 Å². The molecule has 33 heavy (non-hydrogen) atoms. The standard InChI is InChI=1S/C27H26N2O3S/c1-20-9-2-3-11-22(20)17-28-18-26(23-13-5-7-15-25(23)28)33(31,32)19-27(30)29-16-8-12-21-10-4-6-14-24(21)29/h2-7,9-11,13-15,18H,8,12,16-17,19H2,1H3. The highest BCUT2D eigenvalue weighted by Gasteiger charge is 2.29. The number of amides is 1. The van der Waals surface area contributed by atoms with Crippen molar-refractivity contribution in [1.82, 2.24) is 4.57 Å². The van der Waals surface area contributed by atoms with Crippen molar-refractivity contribution in [2.24, 2.45) is 0 Å². The maximum absolute atomic E-state index is 13.5. The van der Waals surface area contributed by atoms with Gasteiger partial charge in [0.25, 0.3) is 0 Å². The van der Waals surface area contributed by atoms with E-state index >= 15 is 0 Å². The van der Waals surface area contributed by atoms with Crippen LogP contribution in [0.25, 0.3) is 10.9 Å². The number of fused-ring (bicyclic) bond motifs is 2. The first-order chi connectivity index (χ1) is 15.9. The second-order valence-electron chi connectivity index (χ2n) is 8.60. The van der Waals surface area contributed by atoms with Crippen molar-refractivity contribution in [2.45, 2.75) is 31.2 Å². The van der Waals surface area contributed by atoms with Crippen LogP contribution in [0.15, 0.2) is 83.9 Å². The highest BCUT2D eigenvalue weighted by Crippen LogP contribution is 2.30. The lowest BCUT2D eigenvalue weighted by molar-refractivity contribution is -0.116. The summed E-state index contributed by atoms with van der Waals surface area (Å²) in [5.74, 6) is -0.919. The maximum Gasteiger partial charge on any atom is 0.242 e. The monoisotopic (exact) mass is 458 g/mol. The van der Waals surface area contributed by atoms with Crippen LogP contribution in [-0.2, 0) is 27.6 Å². The lowest BCUT2D eigenvalue weighted by atomic mass is 10.0. The summed E-state index contributed by atoms with van der Waals surface area (Å²) in [6.45, 7) is 3.16. The van der Waals surface area contributed by atoms with Crippen LogP contribution in [0, 0.1) is 6.92 Å². The molecule has 3 aromatic carbocycles. The van der Waals surface area contributed by atoms with Gasteiger partial charge in [-0.1, -0.05) is 60.7 Å². The first-order valence-electron chi connectivity index (χ1n) is 11.2. The first-order valence-corrected chi connectivity index (χ1v) is 12.8. The van der Waals surface area contributed by atoms with Crippen LogP contribution >= 0.6 is 0 Å². The molecule has 0 spiro atoms. The van der Waals surface area contributed by atoms with Crippen LogP contribution in [0.3, 0.4) is 0 Å². The Bertz CT molecular complexity index is 1450. The van der Waals surface area contributed by atoms with E-state index in [-0.39, 0.29) is 10.8 Å². The topological polar surface area (TPSA) is 59.4 Å². The molecule has 0 N–H and O–H groups in total. The summed E-state index contributed by atoms with van der Waals surface area (Å²) in [4.78, 5) is 15.0. The molecule has 0 bridgehead atoms. The van der Waals surface area contributed by atoms with Crippen LogP contribution < -0.4 is 4.90 Å². The van der Waals surface area contributed by atoms with Gasteiger partial charge in [-0.3, -0.25) is 4.79 Å². The average molecular weight is 459 g/mol. The molecular formula is C27H26N2O3S. The molecule has 1 aromatic heterocycles. The molecule has 0 unspecified atom stereocenters. The van der Waals surface area contributed by atoms with E-state index in [1.807, 2.05) is 78.2 Å². The molecule has 0 atom stereocenters. The minimum Gasteiger partial charge on any atom is -0.342 e. The van der Waals surface area contributed by atoms with Crippen molar-refractivity contribution in [2.75, 3.05) is 17.2 Å². The molecule has 0 radical (unpaired) electrons. The zero-order valence-electron chi connectivity index (χ0n) is 18.6. The van der Waals surface area contributed by atoms with Crippen LogP contribution in [-0.4, -0.2) is 31.2 Å². The maximum atomic E-state index is 13.5. The predicted octanol–water partition coefficient (Wildman–Crippen LogP) is 4.75. The minimum atomic E-state index is -3.83. The van der Waals surface area contributed by atoms with Crippen molar-refractivity contribution < 1.29 is 13.2 Å². The third-order valence-electron chi connectivity index (χ3n) is 6.41. The number of benzene rings is 3. The molecule has 0 saturated carbocycles. The average Bonchev–Trinajstić information content (AvgIpc) is 3.19. The fourth-order valence-corrected chi connectivity index (χ4v) is 6.11. The zero-order chi connectivity index (χ0) is 23.0. The number of para-hydroxylation sites is 2. The normalized spacial score (nSPS) is 13.8. The number of carbonyl (C=O) groups excluding carboxylic acids is 1. The van der Waals surface area contributed by atoms with Crippen LogP contribution in [0.2, 0.25) is 0 Å². The number of carbonyl (C=O) groups is 1. The Balaban J connectivity index is 1.49. The van der Waals surface area contributed by atoms with E-state index in [9.17, 15) is 13.2 Å². The van der Waals surface area contributed by atoms with Crippen LogP contribution in [0.4, 0.5) is 5.69 Å². The fourth-order valence-electron chi connectivity index (χ4n) is 4.67. The number of sulfone groups is 1. The van der Waals surface area contributed by atoms with E-state index < -0.39 is 15.6 Å². The molecule has 5 rings (SSSR count). The van der Waals surface area contributed by atoms with Gasteiger partial charge >= 0.3 is 0 Å². The number of hydrogen-bond acceptors (Lipinski definition) is 3. The van der Waals surface area contributed by atoms with Gasteiger partial charge in [0.1, 0.15) is 5.75 Å². The van der Waals surface area contributed by atoms with Gasteiger partial charge in [0, 0.05) is 35.9 Å². The number of rotatable bonds is 5. The second-order valence-corrected chi connectivity index (χ2v) is 10.6. The summed E-state index contributed by atoms with van der Waals surface area (Å²) in [5, 5.41) is 0.651. The van der Waals surface area contributed by atoms with Gasteiger partial charge in [-0.05, 0) is 48.6 Å². The number of nitrogens with zero attached hydrogens (tertiary/aromatic N) is 2. The Morgan fingerprint density at radius 1 is 0.939 bits per heavy atom. The van der Waals surface area contributed by atoms with E-state index in [2.05, 4.69) is 6.07 Å². The molecule has 2 heterocycles. The van der Waals surface area contributed by atoms with E-state index in [0.717, 1.165) is 40.7 Å². The molecule has 1 aliphatic heterocycles. The minimum absolute atomic E-state index is 0.213. The van der Waals surface area contributed by atoms with Gasteiger partial charge in [-0.25, -0.2) is 8.42 Å². The van der Waals surface area contributed by atoms with Crippen molar-refractivity contribution in [3.8, 4) is 0 Å². The molecule has 0 aliphatic carbocycles. The van der Waals surface area contributed by atoms with Gasteiger partial charge in [-0.15, -0.1) is 0 Å². The molecule has 0 saturated heterocycles. The van der Waals surface area contributed by atoms with Crippen molar-refractivity contribution in [3.05, 3.63) is 95.7 Å². The van der Waals surface area contributed by atoms with E-state index in [1.165, 1.54) is 0 Å². The molecule has 4 aromatic rings. The SMILES string of the molecule is Cc1ccccc1Cn1cc(S(=O)(=O)CC(=O)N2CCCc3ccccc32)c2ccccc21. The van der Waals surface area contributed by atoms with Crippen LogP contribution in [0.1, 0.15) is 23.1 Å². The van der Waals surface area contributed by atoms with E-state index in [0.29, 0.717) is 18.5 Å². The molecular weight excluding hydrogens is 432 g/mol. The fraction of sp³-hybridized carbons (Fsp3) is 0.222. The Hall–Kier alpha value is -3.38. The van der Waals surface area contributed by atoms with Crippen molar-refractivity contribution >= 4 is 32.3 Å². The lowest BCUT2D eigenvalue weighted by Gasteiger charge is -2.29. The van der Waals surface area contributed by atoms with E-state index in [4.69, 9.17) is 0 Å². The highest BCUT2D eigenvalue weighted by atomic mass is 32.2. The van der Waals surface area contributed by atoms with Crippen LogP contribution in [0.5, 0.6) is 0 Å². The second kappa shape index (κ2) is 8.52. The van der Waals surface area contributed by atoms with E-state index in [1.54, 1.807) is 11.1 Å². The first kappa shape index (κ1) is 21.5. The Kier molecular flexibility index (Phi) is 5.54. The summed E-state index contributed by atoms with van der Waals surface area (Å²) >= 11 is 0. The predicted molar refractivity (Wildman–Crippen MR) is 131 cm³/mol. The summed E-state index contributed by atoms with van der Waals surface area (Å²) in [7, 11) is -3.83.